The average Bonchev–Trinajstić information content (AvgIpc) is 2.65. The predicted octanol–water partition coefficient (Wildman–Crippen LogP) is 3.01. The van der Waals surface area contributed by atoms with Crippen LogP contribution in [0.15, 0.2) is 36.4 Å². The van der Waals surface area contributed by atoms with Crippen molar-refractivity contribution in [3.05, 3.63) is 47.5 Å². The van der Waals surface area contributed by atoms with Crippen LogP contribution in [0.5, 0.6) is 23.0 Å². The van der Waals surface area contributed by atoms with Crippen LogP contribution in [0.25, 0.3) is 0 Å². The summed E-state index contributed by atoms with van der Waals surface area (Å²) in [4.78, 5) is 0. The van der Waals surface area contributed by atoms with Crippen molar-refractivity contribution in [1.29, 1.82) is 0 Å². The third kappa shape index (κ3) is 3.92. The van der Waals surface area contributed by atoms with Gasteiger partial charge < -0.3 is 24.7 Å². The first kappa shape index (κ1) is 17.9. The van der Waals surface area contributed by atoms with Crippen LogP contribution in [0.2, 0.25) is 0 Å². The molecule has 0 aromatic heterocycles. The van der Waals surface area contributed by atoms with E-state index >= 15 is 0 Å². The Kier molecular flexibility index (Phi) is 6.32. The van der Waals surface area contributed by atoms with Gasteiger partial charge in [-0.3, -0.25) is 0 Å². The van der Waals surface area contributed by atoms with Gasteiger partial charge in [-0.05, 0) is 42.3 Å². The van der Waals surface area contributed by atoms with Crippen molar-refractivity contribution in [2.24, 2.45) is 5.73 Å². The van der Waals surface area contributed by atoms with Crippen LogP contribution in [0.4, 0.5) is 0 Å². The molecule has 5 heteroatoms. The van der Waals surface area contributed by atoms with E-state index < -0.39 is 0 Å². The molecule has 1 unspecified atom stereocenters. The van der Waals surface area contributed by atoms with Crippen LogP contribution < -0.4 is 24.7 Å². The molecule has 5 nitrogen and oxygen atoms in total. The number of rotatable bonds is 8. The lowest BCUT2D eigenvalue weighted by molar-refractivity contribution is 0.354. The van der Waals surface area contributed by atoms with Crippen molar-refractivity contribution >= 4 is 0 Å². The third-order valence-corrected chi connectivity index (χ3v) is 4.12. The second kappa shape index (κ2) is 8.45. The van der Waals surface area contributed by atoms with E-state index in [0.717, 1.165) is 29.0 Å². The van der Waals surface area contributed by atoms with E-state index in [2.05, 4.69) is 0 Å². The van der Waals surface area contributed by atoms with Crippen molar-refractivity contribution in [1.82, 2.24) is 0 Å². The Labute approximate surface area is 143 Å². The Morgan fingerprint density at radius 3 is 2.08 bits per heavy atom. The average molecular weight is 331 g/mol. The summed E-state index contributed by atoms with van der Waals surface area (Å²) >= 11 is 0. The first-order valence-electron chi connectivity index (χ1n) is 7.79. The fraction of sp³-hybridized carbons (Fsp3) is 0.368. The van der Waals surface area contributed by atoms with Gasteiger partial charge in [0.25, 0.3) is 0 Å². The molecule has 2 rings (SSSR count). The van der Waals surface area contributed by atoms with Crippen molar-refractivity contribution in [3.63, 3.8) is 0 Å². The second-order valence-electron chi connectivity index (χ2n) is 5.43. The van der Waals surface area contributed by atoms with Gasteiger partial charge >= 0.3 is 0 Å². The highest BCUT2D eigenvalue weighted by molar-refractivity contribution is 5.46. The summed E-state index contributed by atoms with van der Waals surface area (Å²) < 4.78 is 21.4. The molecule has 2 aromatic carbocycles. The smallest absolute Gasteiger partial charge is 0.160 e. The number of hydrogen-bond donors (Lipinski definition) is 1. The molecule has 1 atom stereocenters. The van der Waals surface area contributed by atoms with Gasteiger partial charge in [0, 0.05) is 12.0 Å². The molecule has 0 aliphatic heterocycles. The lowest BCUT2D eigenvalue weighted by Gasteiger charge is -2.19. The standard InChI is InChI=1S/C19H25NO4/c1-21-16-7-5-14(18(11-16)23-3)9-15(12-20)13-6-8-17(22-2)19(10-13)24-4/h5-8,10-11,15H,9,12,20H2,1-4H3. The maximum atomic E-state index is 6.02. The van der Waals surface area contributed by atoms with Gasteiger partial charge in [-0.25, -0.2) is 0 Å². The molecule has 0 heterocycles. The van der Waals surface area contributed by atoms with E-state index in [1.165, 1.54) is 0 Å². The van der Waals surface area contributed by atoms with Crippen molar-refractivity contribution in [3.8, 4) is 23.0 Å². The lowest BCUT2D eigenvalue weighted by atomic mass is 9.91. The summed E-state index contributed by atoms with van der Waals surface area (Å²) in [5, 5.41) is 0. The molecule has 24 heavy (non-hydrogen) atoms. The molecule has 0 aliphatic rings. The van der Waals surface area contributed by atoms with Crippen molar-refractivity contribution < 1.29 is 18.9 Å². The Hall–Kier alpha value is -2.40. The van der Waals surface area contributed by atoms with Crippen LogP contribution >= 0.6 is 0 Å². The zero-order valence-electron chi connectivity index (χ0n) is 14.7. The molecule has 0 fully saturated rings. The Bertz CT molecular complexity index is 672. The van der Waals surface area contributed by atoms with Gasteiger partial charge in [-0.15, -0.1) is 0 Å². The van der Waals surface area contributed by atoms with Crippen LogP contribution in [-0.2, 0) is 6.42 Å². The van der Waals surface area contributed by atoms with Gasteiger partial charge in [0.1, 0.15) is 11.5 Å². The zero-order valence-corrected chi connectivity index (χ0v) is 14.7. The summed E-state index contributed by atoms with van der Waals surface area (Å²) in [5.74, 6) is 3.13. The summed E-state index contributed by atoms with van der Waals surface area (Å²) in [6.45, 7) is 0.519. The maximum absolute atomic E-state index is 6.02. The first-order chi connectivity index (χ1) is 11.7. The van der Waals surface area contributed by atoms with Crippen LogP contribution in [0, 0.1) is 0 Å². The summed E-state index contributed by atoms with van der Waals surface area (Å²) in [6, 6.07) is 11.7. The van der Waals surface area contributed by atoms with Gasteiger partial charge in [0.15, 0.2) is 11.5 Å². The molecule has 2 aromatic rings. The van der Waals surface area contributed by atoms with Crippen molar-refractivity contribution in [2.75, 3.05) is 35.0 Å². The molecule has 0 radical (unpaired) electrons. The highest BCUT2D eigenvalue weighted by Gasteiger charge is 2.16. The topological polar surface area (TPSA) is 62.9 Å². The second-order valence-corrected chi connectivity index (χ2v) is 5.43. The molecule has 0 bridgehead atoms. The minimum Gasteiger partial charge on any atom is -0.497 e. The first-order valence-corrected chi connectivity index (χ1v) is 7.79. The zero-order chi connectivity index (χ0) is 17.5. The van der Waals surface area contributed by atoms with E-state index in [1.807, 2.05) is 36.4 Å². The highest BCUT2D eigenvalue weighted by Crippen LogP contribution is 2.33. The van der Waals surface area contributed by atoms with Gasteiger partial charge in [-0.1, -0.05) is 12.1 Å². The molecule has 0 amide bonds. The molecular weight excluding hydrogens is 306 g/mol. The normalized spacial score (nSPS) is 11.7. The molecule has 2 N–H and O–H groups in total. The van der Waals surface area contributed by atoms with Crippen molar-refractivity contribution in [2.45, 2.75) is 12.3 Å². The van der Waals surface area contributed by atoms with Crippen LogP contribution in [0.1, 0.15) is 17.0 Å². The Morgan fingerprint density at radius 2 is 1.50 bits per heavy atom. The number of hydrogen-bond acceptors (Lipinski definition) is 5. The monoisotopic (exact) mass is 331 g/mol. The van der Waals surface area contributed by atoms with E-state index in [1.54, 1.807) is 28.4 Å². The quantitative estimate of drug-likeness (QED) is 0.805. The predicted molar refractivity (Wildman–Crippen MR) is 94.6 cm³/mol. The van der Waals surface area contributed by atoms with E-state index in [4.69, 9.17) is 24.7 Å². The van der Waals surface area contributed by atoms with Crippen LogP contribution in [0.3, 0.4) is 0 Å². The summed E-state index contributed by atoms with van der Waals surface area (Å²) in [6.07, 6.45) is 0.763. The van der Waals surface area contributed by atoms with Gasteiger partial charge in [-0.2, -0.15) is 0 Å². The van der Waals surface area contributed by atoms with E-state index in [-0.39, 0.29) is 5.92 Å². The minimum atomic E-state index is 0.145. The fourth-order valence-electron chi connectivity index (χ4n) is 2.73. The Balaban J connectivity index is 2.29. The van der Waals surface area contributed by atoms with Gasteiger partial charge in [0.2, 0.25) is 0 Å². The Morgan fingerprint density at radius 1 is 0.792 bits per heavy atom. The minimum absolute atomic E-state index is 0.145. The van der Waals surface area contributed by atoms with E-state index in [9.17, 15) is 0 Å². The molecule has 0 saturated carbocycles. The molecule has 0 saturated heterocycles. The molecular formula is C19H25NO4. The third-order valence-electron chi connectivity index (χ3n) is 4.12. The van der Waals surface area contributed by atoms with Gasteiger partial charge in [0.05, 0.1) is 28.4 Å². The number of benzene rings is 2. The maximum Gasteiger partial charge on any atom is 0.160 e. The number of nitrogens with two attached hydrogens (primary N) is 1. The molecule has 0 spiro atoms. The molecule has 130 valence electrons. The largest absolute Gasteiger partial charge is 0.497 e. The number of ether oxygens (including phenoxy) is 4. The summed E-state index contributed by atoms with van der Waals surface area (Å²) in [7, 11) is 6.55. The molecule has 0 aliphatic carbocycles. The fourth-order valence-corrected chi connectivity index (χ4v) is 2.73. The summed E-state index contributed by atoms with van der Waals surface area (Å²) in [5.41, 5.74) is 8.22. The number of methoxy groups -OCH3 is 4. The lowest BCUT2D eigenvalue weighted by Crippen LogP contribution is -2.15. The highest BCUT2D eigenvalue weighted by atomic mass is 16.5. The SMILES string of the molecule is COc1ccc(CC(CN)c2ccc(OC)c(OC)c2)c(OC)c1. The van der Waals surface area contributed by atoms with Crippen LogP contribution in [-0.4, -0.2) is 35.0 Å². The van der Waals surface area contributed by atoms with E-state index in [0.29, 0.717) is 18.0 Å².